The number of rotatable bonds is 8. The van der Waals surface area contributed by atoms with Gasteiger partial charge in [0.2, 0.25) is 5.91 Å². The molecular weight excluding hydrogens is 453 g/mol. The van der Waals surface area contributed by atoms with Crippen LogP contribution in [-0.2, 0) is 4.79 Å². The quantitative estimate of drug-likeness (QED) is 0.402. The number of nitrogens with zero attached hydrogens (tertiary/aromatic N) is 1. The highest BCUT2D eigenvalue weighted by molar-refractivity contribution is 6.30. The smallest absolute Gasteiger partial charge is 0.229 e. The molecule has 0 bridgehead atoms. The third-order valence-electron chi connectivity index (χ3n) is 7.42. The molecule has 1 aliphatic carbocycles. The van der Waals surface area contributed by atoms with Crippen molar-refractivity contribution in [2.75, 3.05) is 0 Å². The van der Waals surface area contributed by atoms with E-state index in [1.165, 1.54) is 0 Å². The molecule has 1 saturated heterocycles. The first-order valence-corrected chi connectivity index (χ1v) is 12.7. The summed E-state index contributed by atoms with van der Waals surface area (Å²) in [5.41, 5.74) is 1.54. The van der Waals surface area contributed by atoms with E-state index in [0.29, 0.717) is 35.2 Å². The second kappa shape index (κ2) is 9.82. The van der Waals surface area contributed by atoms with Crippen molar-refractivity contribution in [3.8, 4) is 0 Å². The Morgan fingerprint density at radius 3 is 2.42 bits per heavy atom. The van der Waals surface area contributed by atoms with E-state index in [0.717, 1.165) is 24.0 Å². The average molecular weight is 486 g/mol. The van der Waals surface area contributed by atoms with Crippen LogP contribution in [0.5, 0.6) is 0 Å². The number of benzene rings is 2. The zero-order valence-electron chi connectivity index (χ0n) is 19.4. The number of amides is 1. The molecule has 2 aromatic carbocycles. The molecule has 1 unspecified atom stereocenters. The highest BCUT2D eigenvalue weighted by atomic mass is 35.5. The van der Waals surface area contributed by atoms with Crippen molar-refractivity contribution in [2.24, 2.45) is 11.3 Å². The largest absolute Gasteiger partial charge is 0.391 e. The monoisotopic (exact) mass is 485 g/mol. The fourth-order valence-electron chi connectivity index (χ4n) is 5.62. The fourth-order valence-corrected chi connectivity index (χ4v) is 5.95. The maximum absolute atomic E-state index is 14.2. The minimum absolute atomic E-state index is 0.0258. The van der Waals surface area contributed by atoms with Crippen LogP contribution in [0.2, 0.25) is 10.0 Å². The lowest BCUT2D eigenvalue weighted by Crippen LogP contribution is -2.59. The first-order valence-electron chi connectivity index (χ1n) is 11.9. The van der Waals surface area contributed by atoms with E-state index in [4.69, 9.17) is 23.2 Å². The first kappa shape index (κ1) is 24.3. The lowest BCUT2D eigenvalue weighted by atomic mass is 9.66. The first-order chi connectivity index (χ1) is 15.8. The van der Waals surface area contributed by atoms with Crippen LogP contribution < -0.4 is 0 Å². The molecule has 1 N–H and O–H groups in total. The minimum atomic E-state index is -0.599. The standard InChI is InChI=1S/C28H33Cl2NO2/c1-4-15-28(3)17-23(20-7-6-8-22(30)16-20)25(18-11-13-21(29)14-12-18)31(27(28)33)26(19-9-10-19)24(32)5-2/h4,6-8,11-14,16,19,23-26,32H,1,5,9-10,15,17H2,2-3H3/t23-,24+,25?,26+,28+/m1/s1. The number of allylic oxidation sites excluding steroid dienone is 1. The van der Waals surface area contributed by atoms with Crippen molar-refractivity contribution in [3.05, 3.63) is 82.4 Å². The van der Waals surface area contributed by atoms with E-state index in [-0.39, 0.29) is 23.9 Å². The van der Waals surface area contributed by atoms with Gasteiger partial charge < -0.3 is 10.0 Å². The third kappa shape index (κ3) is 4.87. The molecule has 3 nitrogen and oxygen atoms in total. The molecule has 176 valence electrons. The molecule has 0 radical (unpaired) electrons. The number of piperidine rings is 1. The predicted octanol–water partition coefficient (Wildman–Crippen LogP) is 7.18. The second-order valence-corrected chi connectivity index (χ2v) is 10.8. The molecule has 2 aliphatic rings. The van der Waals surface area contributed by atoms with Gasteiger partial charge in [0.1, 0.15) is 0 Å². The van der Waals surface area contributed by atoms with Crippen LogP contribution in [0.25, 0.3) is 0 Å². The molecule has 1 saturated carbocycles. The highest BCUT2D eigenvalue weighted by Crippen LogP contribution is 2.54. The van der Waals surface area contributed by atoms with Crippen molar-refractivity contribution in [1.29, 1.82) is 0 Å². The van der Waals surface area contributed by atoms with Gasteiger partial charge in [-0.25, -0.2) is 0 Å². The summed E-state index contributed by atoms with van der Waals surface area (Å²) in [5, 5.41) is 12.5. The van der Waals surface area contributed by atoms with Crippen molar-refractivity contribution >= 4 is 29.1 Å². The van der Waals surface area contributed by atoms with Gasteiger partial charge in [0.25, 0.3) is 0 Å². The molecule has 2 aromatic rings. The molecule has 4 rings (SSSR count). The van der Waals surface area contributed by atoms with Crippen LogP contribution in [0.1, 0.15) is 69.0 Å². The van der Waals surface area contributed by atoms with E-state index in [2.05, 4.69) is 12.6 Å². The molecule has 1 amide bonds. The minimum Gasteiger partial charge on any atom is -0.391 e. The van der Waals surface area contributed by atoms with Gasteiger partial charge in [0.05, 0.1) is 23.6 Å². The summed E-state index contributed by atoms with van der Waals surface area (Å²) in [6.07, 6.45) is 5.24. The summed E-state index contributed by atoms with van der Waals surface area (Å²) in [5.74, 6) is 0.452. The Bertz CT molecular complexity index is 1000. The number of hydrogen-bond acceptors (Lipinski definition) is 2. The summed E-state index contributed by atoms with van der Waals surface area (Å²) in [6, 6.07) is 15.3. The van der Waals surface area contributed by atoms with E-state index >= 15 is 0 Å². The van der Waals surface area contributed by atoms with Crippen LogP contribution in [0.15, 0.2) is 61.2 Å². The van der Waals surface area contributed by atoms with Crippen molar-refractivity contribution in [3.63, 3.8) is 0 Å². The molecule has 5 atom stereocenters. The molecule has 5 heteroatoms. The normalized spacial score (nSPS) is 27.3. The topological polar surface area (TPSA) is 40.5 Å². The Balaban J connectivity index is 1.92. The Kier molecular flexibility index (Phi) is 7.23. The Hall–Kier alpha value is -1.81. The van der Waals surface area contributed by atoms with Crippen molar-refractivity contribution in [2.45, 2.75) is 70.1 Å². The molecule has 2 fully saturated rings. The lowest BCUT2D eigenvalue weighted by Gasteiger charge is -2.53. The molecule has 0 aromatic heterocycles. The summed E-state index contributed by atoms with van der Waals surface area (Å²) in [4.78, 5) is 16.3. The van der Waals surface area contributed by atoms with Gasteiger partial charge in [0, 0.05) is 16.0 Å². The van der Waals surface area contributed by atoms with Crippen LogP contribution in [0.4, 0.5) is 0 Å². The van der Waals surface area contributed by atoms with Gasteiger partial charge >= 0.3 is 0 Å². The summed E-state index contributed by atoms with van der Waals surface area (Å²) in [6.45, 7) is 7.98. The predicted molar refractivity (Wildman–Crippen MR) is 136 cm³/mol. The summed E-state index contributed by atoms with van der Waals surface area (Å²) < 4.78 is 0. The van der Waals surface area contributed by atoms with E-state index in [1.807, 2.05) is 67.3 Å². The van der Waals surface area contributed by atoms with Crippen LogP contribution in [0.3, 0.4) is 0 Å². The number of halogens is 2. The van der Waals surface area contributed by atoms with Crippen LogP contribution >= 0.6 is 23.2 Å². The molecular formula is C28H33Cl2NO2. The molecule has 0 spiro atoms. The Morgan fingerprint density at radius 2 is 1.85 bits per heavy atom. The van der Waals surface area contributed by atoms with Gasteiger partial charge in [-0.15, -0.1) is 6.58 Å². The van der Waals surface area contributed by atoms with Crippen molar-refractivity contribution in [1.82, 2.24) is 4.90 Å². The number of likely N-dealkylation sites (tertiary alicyclic amines) is 1. The average Bonchev–Trinajstić information content (AvgIpc) is 3.63. The Labute approximate surface area is 207 Å². The van der Waals surface area contributed by atoms with Gasteiger partial charge in [-0.1, -0.05) is 67.4 Å². The number of aliphatic hydroxyl groups is 1. The maximum atomic E-state index is 14.2. The zero-order valence-corrected chi connectivity index (χ0v) is 20.9. The van der Waals surface area contributed by atoms with Gasteiger partial charge in [-0.3, -0.25) is 4.79 Å². The maximum Gasteiger partial charge on any atom is 0.229 e. The van der Waals surface area contributed by atoms with Crippen LogP contribution in [-0.4, -0.2) is 28.1 Å². The molecule has 1 heterocycles. The summed E-state index contributed by atoms with van der Waals surface area (Å²) in [7, 11) is 0. The Morgan fingerprint density at radius 1 is 1.15 bits per heavy atom. The molecule has 1 aliphatic heterocycles. The second-order valence-electron chi connectivity index (χ2n) is 9.93. The highest BCUT2D eigenvalue weighted by Gasteiger charge is 2.54. The van der Waals surface area contributed by atoms with Gasteiger partial charge in [0.15, 0.2) is 0 Å². The number of aliphatic hydroxyl groups excluding tert-OH is 1. The lowest BCUT2D eigenvalue weighted by molar-refractivity contribution is -0.159. The van der Waals surface area contributed by atoms with Crippen LogP contribution in [0, 0.1) is 11.3 Å². The number of carbonyl (C=O) groups excluding carboxylic acids is 1. The SMILES string of the molecule is C=CC[C@@]1(C)C[C@H](c2cccc(Cl)c2)C(c2ccc(Cl)cc2)N([C@@H](C2CC2)[C@@H](O)CC)C1=O. The number of carbonyl (C=O) groups is 1. The van der Waals surface area contributed by atoms with E-state index in [9.17, 15) is 9.90 Å². The van der Waals surface area contributed by atoms with Gasteiger partial charge in [-0.2, -0.15) is 0 Å². The zero-order chi connectivity index (χ0) is 23.8. The van der Waals surface area contributed by atoms with E-state index in [1.54, 1.807) is 0 Å². The van der Waals surface area contributed by atoms with Gasteiger partial charge in [-0.05, 0) is 73.4 Å². The third-order valence-corrected chi connectivity index (χ3v) is 7.91. The summed E-state index contributed by atoms with van der Waals surface area (Å²) >= 11 is 12.6. The molecule has 33 heavy (non-hydrogen) atoms. The number of hydrogen-bond donors (Lipinski definition) is 1. The van der Waals surface area contributed by atoms with Crippen molar-refractivity contribution < 1.29 is 9.90 Å². The van der Waals surface area contributed by atoms with E-state index < -0.39 is 11.5 Å². The fraction of sp³-hybridized carbons (Fsp3) is 0.464.